The van der Waals surface area contributed by atoms with Gasteiger partial charge in [0.25, 0.3) is 0 Å². The first kappa shape index (κ1) is 11.4. The molecular formula is C16H17NO. The van der Waals surface area contributed by atoms with Gasteiger partial charge in [-0.15, -0.1) is 0 Å². The van der Waals surface area contributed by atoms with Crippen LogP contribution in [0.4, 0.5) is 0 Å². The van der Waals surface area contributed by atoms with Crippen LogP contribution in [0.25, 0.3) is 10.8 Å². The topological polar surface area (TPSA) is 29.1 Å². The zero-order valence-electron chi connectivity index (χ0n) is 10.4. The minimum Gasteiger partial charge on any atom is -0.316 e. The molecule has 0 bridgehead atoms. The average Bonchev–Trinajstić information content (AvgIpc) is 2.91. The van der Waals surface area contributed by atoms with Crippen LogP contribution in [0.15, 0.2) is 42.5 Å². The fraction of sp³-hybridized carbons (Fsp3) is 0.312. The Kier molecular flexibility index (Phi) is 3.11. The highest BCUT2D eigenvalue weighted by Gasteiger charge is 2.18. The van der Waals surface area contributed by atoms with E-state index in [-0.39, 0.29) is 5.78 Å². The summed E-state index contributed by atoms with van der Waals surface area (Å²) in [5, 5.41) is 5.64. The fourth-order valence-corrected chi connectivity index (χ4v) is 2.63. The van der Waals surface area contributed by atoms with Gasteiger partial charge >= 0.3 is 0 Å². The lowest BCUT2D eigenvalue weighted by molar-refractivity contribution is 0.0964. The van der Waals surface area contributed by atoms with Crippen molar-refractivity contribution in [2.24, 2.45) is 5.92 Å². The Morgan fingerprint density at radius 1 is 1.17 bits per heavy atom. The van der Waals surface area contributed by atoms with Gasteiger partial charge in [-0.25, -0.2) is 0 Å². The molecule has 1 unspecified atom stereocenters. The summed E-state index contributed by atoms with van der Waals surface area (Å²) in [6.07, 6.45) is 1.80. The number of nitrogens with one attached hydrogen (secondary N) is 1. The van der Waals surface area contributed by atoms with Crippen LogP contribution in [0.3, 0.4) is 0 Å². The molecule has 0 saturated carbocycles. The number of hydrogen-bond donors (Lipinski definition) is 1. The maximum absolute atomic E-state index is 12.2. The molecule has 0 aliphatic carbocycles. The molecule has 1 fully saturated rings. The van der Waals surface area contributed by atoms with Gasteiger partial charge in [-0.2, -0.15) is 0 Å². The molecule has 1 aliphatic rings. The number of benzene rings is 2. The van der Waals surface area contributed by atoms with E-state index in [0.717, 1.165) is 30.5 Å². The first-order valence-electron chi connectivity index (χ1n) is 6.55. The van der Waals surface area contributed by atoms with Crippen LogP contribution in [0.5, 0.6) is 0 Å². The molecule has 2 nitrogen and oxygen atoms in total. The molecule has 0 amide bonds. The summed E-state index contributed by atoms with van der Waals surface area (Å²) in [6.45, 7) is 2.04. The summed E-state index contributed by atoms with van der Waals surface area (Å²) in [7, 11) is 0. The van der Waals surface area contributed by atoms with E-state index < -0.39 is 0 Å². The van der Waals surface area contributed by atoms with E-state index in [0.29, 0.717) is 12.3 Å². The molecule has 18 heavy (non-hydrogen) atoms. The second kappa shape index (κ2) is 4.91. The normalized spacial score (nSPS) is 19.2. The molecule has 2 heteroatoms. The standard InChI is InChI=1S/C16H17NO/c18-16(9-12-7-8-17-11-12)15-6-5-13-3-1-2-4-14(13)10-15/h1-6,10,12,17H,7-9,11H2. The van der Waals surface area contributed by atoms with Gasteiger partial charge in [-0.05, 0) is 42.3 Å². The number of Topliss-reactive ketones (excluding diaryl/α,β-unsaturated/α-hetero) is 1. The maximum Gasteiger partial charge on any atom is 0.163 e. The number of fused-ring (bicyclic) bond motifs is 1. The Morgan fingerprint density at radius 2 is 2.00 bits per heavy atom. The lowest BCUT2D eigenvalue weighted by Gasteiger charge is -2.07. The van der Waals surface area contributed by atoms with Crippen molar-refractivity contribution in [3.8, 4) is 0 Å². The van der Waals surface area contributed by atoms with Gasteiger partial charge in [-0.1, -0.05) is 36.4 Å². The first-order chi connectivity index (χ1) is 8.83. The van der Waals surface area contributed by atoms with Crippen molar-refractivity contribution >= 4 is 16.6 Å². The Hall–Kier alpha value is -1.67. The van der Waals surface area contributed by atoms with Gasteiger partial charge in [0.15, 0.2) is 5.78 Å². The zero-order valence-corrected chi connectivity index (χ0v) is 10.4. The molecule has 3 rings (SSSR count). The number of carbonyl (C=O) groups is 1. The molecule has 2 aromatic carbocycles. The minimum absolute atomic E-state index is 0.273. The van der Waals surface area contributed by atoms with Crippen LogP contribution in [-0.2, 0) is 0 Å². The van der Waals surface area contributed by atoms with Gasteiger partial charge in [0.2, 0.25) is 0 Å². The van der Waals surface area contributed by atoms with Gasteiger partial charge in [-0.3, -0.25) is 4.79 Å². The molecule has 0 spiro atoms. The van der Waals surface area contributed by atoms with Crippen molar-refractivity contribution in [2.45, 2.75) is 12.8 Å². The summed E-state index contributed by atoms with van der Waals surface area (Å²) in [6, 6.07) is 14.2. The monoisotopic (exact) mass is 239 g/mol. The lowest BCUT2D eigenvalue weighted by atomic mass is 9.96. The van der Waals surface area contributed by atoms with Gasteiger partial charge in [0.05, 0.1) is 0 Å². The highest BCUT2D eigenvalue weighted by molar-refractivity contribution is 6.00. The Morgan fingerprint density at radius 3 is 2.78 bits per heavy atom. The lowest BCUT2D eigenvalue weighted by Crippen LogP contribution is -2.12. The predicted octanol–water partition coefficient (Wildman–Crippen LogP) is 3.02. The molecular weight excluding hydrogens is 222 g/mol. The number of hydrogen-bond acceptors (Lipinski definition) is 2. The van der Waals surface area contributed by atoms with Gasteiger partial charge in [0.1, 0.15) is 0 Å². The maximum atomic E-state index is 12.2. The van der Waals surface area contributed by atoms with Gasteiger partial charge in [0, 0.05) is 12.0 Å². The summed E-state index contributed by atoms with van der Waals surface area (Å²) in [4.78, 5) is 12.2. The molecule has 1 atom stereocenters. The Bertz CT molecular complexity index is 570. The number of rotatable bonds is 3. The van der Waals surface area contributed by atoms with Crippen LogP contribution in [-0.4, -0.2) is 18.9 Å². The van der Waals surface area contributed by atoms with Crippen molar-refractivity contribution in [1.29, 1.82) is 0 Å². The van der Waals surface area contributed by atoms with Crippen LogP contribution in [0, 0.1) is 5.92 Å². The number of carbonyl (C=O) groups excluding carboxylic acids is 1. The Labute approximate surface area is 107 Å². The molecule has 1 aliphatic heterocycles. The third-order valence-electron chi connectivity index (χ3n) is 3.71. The largest absolute Gasteiger partial charge is 0.316 e. The van der Waals surface area contributed by atoms with Crippen molar-refractivity contribution in [3.63, 3.8) is 0 Å². The Balaban J connectivity index is 1.82. The van der Waals surface area contributed by atoms with Crippen LogP contribution >= 0.6 is 0 Å². The second-order valence-corrected chi connectivity index (χ2v) is 5.05. The summed E-state index contributed by atoms with van der Waals surface area (Å²) >= 11 is 0. The molecule has 0 radical (unpaired) electrons. The van der Waals surface area contributed by atoms with Crippen LogP contribution < -0.4 is 5.32 Å². The fourth-order valence-electron chi connectivity index (χ4n) is 2.63. The van der Waals surface area contributed by atoms with Crippen molar-refractivity contribution in [2.75, 3.05) is 13.1 Å². The highest BCUT2D eigenvalue weighted by Crippen LogP contribution is 2.20. The summed E-state index contributed by atoms with van der Waals surface area (Å²) in [5.74, 6) is 0.790. The SMILES string of the molecule is O=C(CC1CCNC1)c1ccc2ccccc2c1. The molecule has 1 saturated heterocycles. The third-order valence-corrected chi connectivity index (χ3v) is 3.71. The second-order valence-electron chi connectivity index (χ2n) is 5.05. The van der Waals surface area contributed by atoms with E-state index in [4.69, 9.17) is 0 Å². The molecule has 1 heterocycles. The van der Waals surface area contributed by atoms with Crippen LogP contribution in [0.2, 0.25) is 0 Å². The molecule has 2 aromatic rings. The van der Waals surface area contributed by atoms with E-state index in [1.165, 1.54) is 5.39 Å². The predicted molar refractivity (Wildman–Crippen MR) is 73.9 cm³/mol. The summed E-state index contributed by atoms with van der Waals surface area (Å²) < 4.78 is 0. The van der Waals surface area contributed by atoms with E-state index >= 15 is 0 Å². The first-order valence-corrected chi connectivity index (χ1v) is 6.55. The van der Waals surface area contributed by atoms with E-state index in [1.807, 2.05) is 30.3 Å². The van der Waals surface area contributed by atoms with Crippen molar-refractivity contribution in [3.05, 3.63) is 48.0 Å². The smallest absolute Gasteiger partial charge is 0.163 e. The summed E-state index contributed by atoms with van der Waals surface area (Å²) in [5.41, 5.74) is 0.848. The van der Waals surface area contributed by atoms with E-state index in [2.05, 4.69) is 17.4 Å². The van der Waals surface area contributed by atoms with Crippen molar-refractivity contribution < 1.29 is 4.79 Å². The average molecular weight is 239 g/mol. The molecule has 0 aromatic heterocycles. The quantitative estimate of drug-likeness (QED) is 0.834. The van der Waals surface area contributed by atoms with Crippen LogP contribution in [0.1, 0.15) is 23.2 Å². The van der Waals surface area contributed by atoms with Gasteiger partial charge < -0.3 is 5.32 Å². The zero-order chi connectivity index (χ0) is 12.4. The van der Waals surface area contributed by atoms with E-state index in [9.17, 15) is 4.79 Å². The molecule has 92 valence electrons. The third kappa shape index (κ3) is 2.29. The van der Waals surface area contributed by atoms with Crippen molar-refractivity contribution in [1.82, 2.24) is 5.32 Å². The minimum atomic E-state index is 0.273. The highest BCUT2D eigenvalue weighted by atomic mass is 16.1. The van der Waals surface area contributed by atoms with E-state index in [1.54, 1.807) is 0 Å². The molecule has 1 N–H and O–H groups in total. The number of ketones is 1.